The van der Waals surface area contributed by atoms with Crippen molar-refractivity contribution in [3.8, 4) is 16.9 Å². The molecule has 0 fully saturated rings. The van der Waals surface area contributed by atoms with Crippen LogP contribution < -0.4 is 10.6 Å². The molecule has 0 saturated carbocycles. The van der Waals surface area contributed by atoms with Crippen LogP contribution >= 0.6 is 23.4 Å². The summed E-state index contributed by atoms with van der Waals surface area (Å²) in [6.07, 6.45) is 3.07. The molecule has 2 aliphatic heterocycles. The van der Waals surface area contributed by atoms with Crippen molar-refractivity contribution in [2.75, 3.05) is 18.1 Å². The zero-order chi connectivity index (χ0) is 19.1. The highest BCUT2D eigenvalue weighted by atomic mass is 35.5. The van der Waals surface area contributed by atoms with Gasteiger partial charge >= 0.3 is 0 Å². The normalized spacial score (nSPS) is 16.5. The topological polar surface area (TPSA) is 64.5 Å². The van der Waals surface area contributed by atoms with E-state index in [1.807, 2.05) is 19.2 Å². The number of fused-ring (bicyclic) bond motifs is 3. The van der Waals surface area contributed by atoms with Crippen LogP contribution in [0.3, 0.4) is 0 Å². The Bertz CT molecular complexity index is 963. The van der Waals surface area contributed by atoms with Crippen molar-refractivity contribution in [1.29, 1.82) is 0 Å². The third-order valence-electron chi connectivity index (χ3n) is 5.10. The lowest BCUT2D eigenvalue weighted by atomic mass is 9.89. The molecule has 0 aliphatic carbocycles. The molecule has 2 heterocycles. The molecule has 0 saturated heterocycles. The van der Waals surface area contributed by atoms with Gasteiger partial charge in [-0.25, -0.2) is 0 Å². The number of hydrogen-bond donors (Lipinski definition) is 4. The molecule has 0 bridgehead atoms. The van der Waals surface area contributed by atoms with Crippen LogP contribution in [0.25, 0.3) is 16.7 Å². The molecule has 0 radical (unpaired) electrons. The summed E-state index contributed by atoms with van der Waals surface area (Å²) in [5.74, 6) is 1.03. The van der Waals surface area contributed by atoms with Crippen LogP contribution in [-0.2, 0) is 0 Å². The van der Waals surface area contributed by atoms with Crippen LogP contribution in [0.5, 0.6) is 5.75 Å². The first-order valence-electron chi connectivity index (χ1n) is 8.92. The quantitative estimate of drug-likeness (QED) is 0.498. The molecule has 2 aromatic rings. The average Bonchev–Trinajstić information content (AvgIpc) is 3.15. The number of aliphatic hydroxyl groups excluding tert-OH is 1. The Balaban J connectivity index is 1.88. The van der Waals surface area contributed by atoms with E-state index in [0.717, 1.165) is 39.3 Å². The predicted octanol–water partition coefficient (Wildman–Crippen LogP) is 5.67. The van der Waals surface area contributed by atoms with Crippen LogP contribution in [0.4, 0.5) is 5.69 Å². The Morgan fingerprint density at radius 3 is 2.63 bits per heavy atom. The molecular weight excluding hydrogens is 380 g/mol. The summed E-state index contributed by atoms with van der Waals surface area (Å²) in [5, 5.41) is 27.7. The van der Waals surface area contributed by atoms with Gasteiger partial charge in [0.25, 0.3) is 0 Å². The Kier molecular flexibility index (Phi) is 4.84. The van der Waals surface area contributed by atoms with Gasteiger partial charge in [-0.1, -0.05) is 48.9 Å². The summed E-state index contributed by atoms with van der Waals surface area (Å²) >= 11 is 7.94. The molecule has 2 aromatic carbocycles. The number of phenols is 1. The molecule has 4 N–H and O–H groups in total. The highest BCUT2D eigenvalue weighted by Crippen LogP contribution is 2.53. The minimum absolute atomic E-state index is 0.116. The monoisotopic (exact) mass is 400 g/mol. The van der Waals surface area contributed by atoms with Crippen molar-refractivity contribution >= 4 is 34.6 Å². The zero-order valence-electron chi connectivity index (χ0n) is 15.1. The second-order valence-corrected chi connectivity index (χ2v) is 8.04. The van der Waals surface area contributed by atoms with Gasteiger partial charge in [-0.2, -0.15) is 0 Å². The van der Waals surface area contributed by atoms with E-state index < -0.39 is 0 Å². The van der Waals surface area contributed by atoms with Gasteiger partial charge < -0.3 is 20.8 Å². The first-order chi connectivity index (χ1) is 13.0. The van der Waals surface area contributed by atoms with Crippen LogP contribution in [-0.4, -0.2) is 23.0 Å². The number of thioether (sulfide) groups is 1. The van der Waals surface area contributed by atoms with E-state index >= 15 is 0 Å². The van der Waals surface area contributed by atoms with E-state index in [1.54, 1.807) is 11.8 Å². The van der Waals surface area contributed by atoms with Gasteiger partial charge in [0.1, 0.15) is 5.75 Å². The lowest BCUT2D eigenvalue weighted by Gasteiger charge is -2.25. The number of hydrogen-bond acceptors (Lipinski definition) is 5. The minimum atomic E-state index is 0.116. The van der Waals surface area contributed by atoms with Crippen LogP contribution in [0.1, 0.15) is 30.5 Å². The van der Waals surface area contributed by atoms with E-state index in [1.165, 1.54) is 11.6 Å². The van der Waals surface area contributed by atoms with Gasteiger partial charge in [-0.3, -0.25) is 0 Å². The maximum Gasteiger partial charge on any atom is 0.203 e. The van der Waals surface area contributed by atoms with Crippen LogP contribution in [0.15, 0.2) is 47.2 Å². The molecule has 0 unspecified atom stereocenters. The molecule has 1 atom stereocenters. The van der Waals surface area contributed by atoms with E-state index in [4.69, 9.17) is 11.6 Å². The van der Waals surface area contributed by atoms with Crippen molar-refractivity contribution < 1.29 is 10.2 Å². The van der Waals surface area contributed by atoms with E-state index in [0.29, 0.717) is 16.8 Å². The summed E-state index contributed by atoms with van der Waals surface area (Å²) < 4.78 is 0. The van der Waals surface area contributed by atoms with Gasteiger partial charge in [0.15, 0.2) is 0 Å². The summed E-state index contributed by atoms with van der Waals surface area (Å²) in [6, 6.07) is 10.1. The highest BCUT2D eigenvalue weighted by molar-refractivity contribution is 8.04. The highest BCUT2D eigenvalue weighted by Gasteiger charge is 2.31. The van der Waals surface area contributed by atoms with E-state index in [9.17, 15) is 10.2 Å². The lowest BCUT2D eigenvalue weighted by molar-refractivity contribution is 0.417. The number of halogens is 1. The van der Waals surface area contributed by atoms with Crippen molar-refractivity contribution in [3.05, 3.63) is 63.3 Å². The fraction of sp³-hybridized carbons (Fsp3) is 0.238. The van der Waals surface area contributed by atoms with Crippen LogP contribution in [0, 0.1) is 0 Å². The lowest BCUT2D eigenvalue weighted by Crippen LogP contribution is -2.15. The van der Waals surface area contributed by atoms with Gasteiger partial charge in [-0.05, 0) is 24.6 Å². The maximum atomic E-state index is 10.7. The number of aliphatic hydroxyl groups is 1. The Morgan fingerprint density at radius 2 is 1.96 bits per heavy atom. The summed E-state index contributed by atoms with van der Waals surface area (Å²) in [5.41, 5.74) is 5.24. The smallest absolute Gasteiger partial charge is 0.203 e. The first kappa shape index (κ1) is 18.3. The van der Waals surface area contributed by atoms with Crippen molar-refractivity contribution in [1.82, 2.24) is 5.32 Å². The first-order valence-corrected chi connectivity index (χ1v) is 10.3. The predicted molar refractivity (Wildman–Crippen MR) is 114 cm³/mol. The Morgan fingerprint density at radius 1 is 1.22 bits per heavy atom. The van der Waals surface area contributed by atoms with Crippen molar-refractivity contribution in [2.45, 2.75) is 19.4 Å². The second-order valence-electron chi connectivity index (χ2n) is 6.61. The number of allylic oxidation sites excluding steroid dienone is 1. The Labute approximate surface area is 167 Å². The largest absolute Gasteiger partial charge is 0.507 e. The molecule has 6 heteroatoms. The fourth-order valence-electron chi connectivity index (χ4n) is 3.77. The minimum Gasteiger partial charge on any atom is -0.507 e. The molecule has 4 rings (SSSR count). The second kappa shape index (κ2) is 7.15. The van der Waals surface area contributed by atoms with E-state index in [2.05, 4.69) is 35.8 Å². The molecule has 4 nitrogen and oxygen atoms in total. The fourth-order valence-corrected chi connectivity index (χ4v) is 4.97. The van der Waals surface area contributed by atoms with Gasteiger partial charge in [-0.15, -0.1) is 11.8 Å². The number of nitrogens with one attached hydrogen (secondary N) is 2. The van der Waals surface area contributed by atoms with Crippen molar-refractivity contribution in [3.63, 3.8) is 0 Å². The molecule has 27 heavy (non-hydrogen) atoms. The molecule has 2 aliphatic rings. The van der Waals surface area contributed by atoms with Gasteiger partial charge in [0.05, 0.1) is 15.6 Å². The number of anilines is 1. The Hall–Kier alpha value is -2.08. The standard InChI is InChI=1S/C21H21ClN2O2S/c1-3-15(23-2)11-4-6-12(7-5-11)17-16(25)10-14(22)19-18(17)13-8-9-27-20(13)21(26)24-19/h4-8,10,15,23-26H,3,9H2,1-2H3/t15-/m0/s1. The molecule has 0 aromatic heterocycles. The summed E-state index contributed by atoms with van der Waals surface area (Å²) in [6.45, 7) is 2.15. The molecule has 0 spiro atoms. The molecule has 0 amide bonds. The third kappa shape index (κ3) is 3.00. The maximum absolute atomic E-state index is 10.7. The van der Waals surface area contributed by atoms with Crippen molar-refractivity contribution in [2.24, 2.45) is 0 Å². The third-order valence-corrected chi connectivity index (χ3v) is 6.44. The van der Waals surface area contributed by atoms with E-state index in [-0.39, 0.29) is 11.6 Å². The van der Waals surface area contributed by atoms with Gasteiger partial charge in [0.2, 0.25) is 5.88 Å². The average molecular weight is 401 g/mol. The molecular formula is C21H21ClN2O2S. The number of rotatable bonds is 4. The molecule has 140 valence electrons. The SMILES string of the molecule is CC[C@H](NC)c1ccc(-c2c(O)cc(Cl)c3c2C2=CCSC2=C(O)N3)cc1. The number of aromatic hydroxyl groups is 1. The van der Waals surface area contributed by atoms with Crippen LogP contribution in [0.2, 0.25) is 5.02 Å². The zero-order valence-corrected chi connectivity index (χ0v) is 16.7. The summed E-state index contributed by atoms with van der Waals surface area (Å²) in [7, 11) is 1.96. The summed E-state index contributed by atoms with van der Waals surface area (Å²) in [4.78, 5) is 0.795. The number of phenolic OH excluding ortho intramolecular Hbond substituents is 1. The van der Waals surface area contributed by atoms with Gasteiger partial charge in [0, 0.05) is 34.6 Å². The number of benzene rings is 2.